The van der Waals surface area contributed by atoms with Crippen molar-refractivity contribution in [1.82, 2.24) is 9.78 Å². The first-order valence-electron chi connectivity index (χ1n) is 10.1. The number of terminal acetylenes is 1. The molecule has 0 bridgehead atoms. The van der Waals surface area contributed by atoms with Gasteiger partial charge in [-0.3, -0.25) is 0 Å². The van der Waals surface area contributed by atoms with Gasteiger partial charge in [0.15, 0.2) is 0 Å². The van der Waals surface area contributed by atoms with Gasteiger partial charge in [0.05, 0.1) is 5.52 Å². The topological polar surface area (TPSA) is 17.8 Å². The van der Waals surface area contributed by atoms with Gasteiger partial charge in [0.2, 0.25) is 0 Å². The summed E-state index contributed by atoms with van der Waals surface area (Å²) >= 11 is 3.69. The Morgan fingerprint density at radius 3 is 1.65 bits per heavy atom. The molecule has 31 heavy (non-hydrogen) atoms. The van der Waals surface area contributed by atoms with Crippen LogP contribution in [0.2, 0.25) is 0 Å². The molecule has 2 nitrogen and oxygen atoms in total. The fourth-order valence-corrected chi connectivity index (χ4v) is 4.81. The zero-order valence-electron chi connectivity index (χ0n) is 16.7. The van der Waals surface area contributed by atoms with Gasteiger partial charge in [-0.25, -0.2) is 4.68 Å². The van der Waals surface area contributed by atoms with E-state index in [1.807, 2.05) is 30.3 Å². The number of hydrogen-bond donors (Lipinski definition) is 0. The van der Waals surface area contributed by atoms with Gasteiger partial charge in [-0.05, 0) is 50.8 Å². The number of hydrogen-bond acceptors (Lipinski definition) is 1. The fourth-order valence-electron chi connectivity index (χ4n) is 4.33. The summed E-state index contributed by atoms with van der Waals surface area (Å²) in [7, 11) is 0. The van der Waals surface area contributed by atoms with Gasteiger partial charge in [0, 0.05) is 10.9 Å². The third-order valence-corrected chi connectivity index (χ3v) is 6.28. The SMILES string of the molecule is C#Cc1ccc2c(c1)c(Br)nn2C(c1ccccc1)(c1ccccc1)c1ccccc1. The average molecular weight is 463 g/mol. The molecule has 0 atom stereocenters. The second kappa shape index (κ2) is 7.91. The first-order chi connectivity index (χ1) is 15.2. The lowest BCUT2D eigenvalue weighted by Crippen LogP contribution is -2.38. The Balaban J connectivity index is 1.97. The van der Waals surface area contributed by atoms with Gasteiger partial charge in [0.25, 0.3) is 0 Å². The Morgan fingerprint density at radius 2 is 1.19 bits per heavy atom. The van der Waals surface area contributed by atoms with E-state index in [9.17, 15) is 0 Å². The van der Waals surface area contributed by atoms with Crippen molar-refractivity contribution in [2.24, 2.45) is 0 Å². The van der Waals surface area contributed by atoms with Crippen LogP contribution in [0.3, 0.4) is 0 Å². The molecular weight excluding hydrogens is 444 g/mol. The van der Waals surface area contributed by atoms with Crippen molar-refractivity contribution in [2.75, 3.05) is 0 Å². The molecule has 3 heteroatoms. The number of halogens is 1. The summed E-state index contributed by atoms with van der Waals surface area (Å²) in [6.45, 7) is 0. The molecule has 5 aromatic rings. The highest BCUT2D eigenvalue weighted by atomic mass is 79.9. The predicted molar refractivity (Wildman–Crippen MR) is 130 cm³/mol. The first kappa shape index (κ1) is 19.4. The molecule has 0 unspecified atom stereocenters. The molecule has 0 aliphatic carbocycles. The van der Waals surface area contributed by atoms with Crippen LogP contribution in [0, 0.1) is 12.3 Å². The van der Waals surface area contributed by atoms with Gasteiger partial charge < -0.3 is 0 Å². The number of benzene rings is 4. The van der Waals surface area contributed by atoms with E-state index in [0.717, 1.165) is 37.8 Å². The van der Waals surface area contributed by atoms with E-state index in [-0.39, 0.29) is 0 Å². The van der Waals surface area contributed by atoms with Crippen LogP contribution in [-0.4, -0.2) is 9.78 Å². The Morgan fingerprint density at radius 1 is 0.710 bits per heavy atom. The van der Waals surface area contributed by atoms with E-state index < -0.39 is 5.54 Å². The maximum absolute atomic E-state index is 5.66. The molecule has 1 aromatic heterocycles. The second-order valence-electron chi connectivity index (χ2n) is 7.39. The maximum atomic E-state index is 5.66. The Hall–Kier alpha value is -3.61. The third kappa shape index (κ3) is 3.08. The zero-order valence-corrected chi connectivity index (χ0v) is 18.3. The van der Waals surface area contributed by atoms with Crippen LogP contribution in [0.4, 0.5) is 0 Å². The van der Waals surface area contributed by atoms with Gasteiger partial charge in [-0.15, -0.1) is 6.42 Å². The van der Waals surface area contributed by atoms with Gasteiger partial charge in [-0.2, -0.15) is 5.10 Å². The van der Waals surface area contributed by atoms with Crippen LogP contribution in [0.25, 0.3) is 10.9 Å². The summed E-state index contributed by atoms with van der Waals surface area (Å²) < 4.78 is 2.89. The minimum atomic E-state index is -0.661. The normalized spacial score (nSPS) is 11.4. The highest BCUT2D eigenvalue weighted by Gasteiger charge is 2.40. The molecule has 1 heterocycles. The molecule has 0 N–H and O–H groups in total. The van der Waals surface area contributed by atoms with Crippen LogP contribution < -0.4 is 0 Å². The van der Waals surface area contributed by atoms with Gasteiger partial charge in [0.1, 0.15) is 10.1 Å². The summed E-state index contributed by atoms with van der Waals surface area (Å²) in [6, 6.07) is 37.6. The molecule has 0 saturated carbocycles. The van der Waals surface area contributed by atoms with E-state index in [1.54, 1.807) is 0 Å². The Labute approximate surface area is 190 Å². The molecule has 0 aliphatic heterocycles. The summed E-state index contributed by atoms with van der Waals surface area (Å²) in [5, 5.41) is 6.02. The molecule has 0 aliphatic rings. The standard InChI is InChI=1S/C28H19BrN2/c1-2-21-18-19-26-25(20-21)27(29)30-31(26)28(22-12-6-3-7-13-22,23-14-8-4-9-15-23)24-16-10-5-11-17-24/h1,3-20H. The number of rotatable bonds is 4. The molecule has 0 spiro atoms. The first-order valence-corrected chi connectivity index (χ1v) is 10.9. The molecule has 0 saturated heterocycles. The van der Waals surface area contributed by atoms with Crippen molar-refractivity contribution in [3.63, 3.8) is 0 Å². The summed E-state index contributed by atoms with van der Waals surface area (Å²) in [6.07, 6.45) is 5.66. The second-order valence-corrected chi connectivity index (χ2v) is 8.14. The average Bonchev–Trinajstić information content (AvgIpc) is 3.17. The molecule has 0 radical (unpaired) electrons. The van der Waals surface area contributed by atoms with Crippen molar-refractivity contribution in [3.8, 4) is 12.3 Å². The van der Waals surface area contributed by atoms with E-state index in [4.69, 9.17) is 11.5 Å². The predicted octanol–water partition coefficient (Wildman–Crippen LogP) is 6.62. The zero-order chi connectivity index (χ0) is 21.3. The monoisotopic (exact) mass is 462 g/mol. The van der Waals surface area contributed by atoms with Crippen LogP contribution in [0.15, 0.2) is 114 Å². The molecular formula is C28H19BrN2. The van der Waals surface area contributed by atoms with Gasteiger partial charge >= 0.3 is 0 Å². The van der Waals surface area contributed by atoms with Crippen LogP contribution >= 0.6 is 15.9 Å². The smallest absolute Gasteiger partial charge is 0.138 e. The largest absolute Gasteiger partial charge is 0.244 e. The lowest BCUT2D eigenvalue weighted by molar-refractivity contribution is 0.473. The highest BCUT2D eigenvalue weighted by Crippen LogP contribution is 2.43. The van der Waals surface area contributed by atoms with E-state index in [2.05, 4.69) is 105 Å². The summed E-state index contributed by atoms with van der Waals surface area (Å²) in [5.41, 5.74) is 4.56. The quantitative estimate of drug-likeness (QED) is 0.216. The lowest BCUT2D eigenvalue weighted by Gasteiger charge is -2.37. The van der Waals surface area contributed by atoms with Crippen molar-refractivity contribution in [3.05, 3.63) is 136 Å². The number of nitrogens with zero attached hydrogens (tertiary/aromatic N) is 2. The molecule has 5 rings (SSSR count). The van der Waals surface area contributed by atoms with Gasteiger partial charge in [-0.1, -0.05) is 96.9 Å². The van der Waals surface area contributed by atoms with Crippen LogP contribution in [-0.2, 0) is 5.54 Å². The third-order valence-electron chi connectivity index (χ3n) is 5.69. The molecule has 0 amide bonds. The molecule has 0 fully saturated rings. The van der Waals surface area contributed by atoms with Crippen molar-refractivity contribution in [1.29, 1.82) is 0 Å². The minimum Gasteiger partial charge on any atom is -0.244 e. The minimum absolute atomic E-state index is 0.661. The van der Waals surface area contributed by atoms with Crippen LogP contribution in [0.1, 0.15) is 22.3 Å². The lowest BCUT2D eigenvalue weighted by atomic mass is 9.77. The van der Waals surface area contributed by atoms with E-state index in [1.165, 1.54) is 0 Å². The maximum Gasteiger partial charge on any atom is 0.138 e. The molecule has 4 aromatic carbocycles. The van der Waals surface area contributed by atoms with Crippen LogP contribution in [0.5, 0.6) is 0 Å². The summed E-state index contributed by atoms with van der Waals surface area (Å²) in [4.78, 5) is 0. The van der Waals surface area contributed by atoms with Crippen molar-refractivity contribution < 1.29 is 0 Å². The van der Waals surface area contributed by atoms with Crippen molar-refractivity contribution in [2.45, 2.75) is 5.54 Å². The Bertz CT molecular complexity index is 1280. The number of fused-ring (bicyclic) bond motifs is 1. The molecule has 148 valence electrons. The van der Waals surface area contributed by atoms with E-state index in [0.29, 0.717) is 0 Å². The Kier molecular flexibility index (Phi) is 4.94. The van der Waals surface area contributed by atoms with Crippen molar-refractivity contribution >= 4 is 26.8 Å². The highest BCUT2D eigenvalue weighted by molar-refractivity contribution is 9.10. The van der Waals surface area contributed by atoms with E-state index >= 15 is 0 Å². The fraction of sp³-hybridized carbons (Fsp3) is 0.0357. The number of aromatic nitrogens is 2. The summed E-state index contributed by atoms with van der Waals surface area (Å²) in [5.74, 6) is 2.73.